The van der Waals surface area contributed by atoms with Crippen LogP contribution in [0.3, 0.4) is 0 Å². The lowest BCUT2D eigenvalue weighted by atomic mass is 9.89. The highest BCUT2D eigenvalue weighted by molar-refractivity contribution is 7.80. The molecule has 6 heteroatoms. The third-order valence-corrected chi connectivity index (χ3v) is 4.18. The minimum Gasteiger partial charge on any atom is -0.484 e. The maximum atomic E-state index is 14.1. The third-order valence-electron chi connectivity index (χ3n) is 3.58. The second-order valence-electron chi connectivity index (χ2n) is 6.33. The maximum Gasteiger partial charge on any atom is 0.230 e. The SMILES string of the molecule is CCC(C)(C)C(=O)Nc1cc(CC(=S)OC(C)C)c(Cl)cc1F. The van der Waals surface area contributed by atoms with Gasteiger partial charge >= 0.3 is 0 Å². The molecule has 0 bridgehead atoms. The van der Waals surface area contributed by atoms with Gasteiger partial charge in [-0.1, -0.05) is 32.4 Å². The molecule has 0 spiro atoms. The summed E-state index contributed by atoms with van der Waals surface area (Å²) < 4.78 is 19.5. The number of amides is 1. The average molecular weight is 360 g/mol. The normalized spacial score (nSPS) is 11.5. The third kappa shape index (κ3) is 5.74. The molecular weight excluding hydrogens is 337 g/mol. The van der Waals surface area contributed by atoms with E-state index in [1.165, 1.54) is 12.1 Å². The summed E-state index contributed by atoms with van der Waals surface area (Å²) in [6.45, 7) is 9.27. The number of benzene rings is 1. The summed E-state index contributed by atoms with van der Waals surface area (Å²) in [6, 6.07) is 2.70. The topological polar surface area (TPSA) is 38.3 Å². The Balaban J connectivity index is 3.00. The molecule has 0 aliphatic heterocycles. The highest BCUT2D eigenvalue weighted by Crippen LogP contribution is 2.28. The Morgan fingerprint density at radius 1 is 1.43 bits per heavy atom. The molecule has 128 valence electrons. The molecule has 0 aliphatic rings. The second-order valence-corrected chi connectivity index (χ2v) is 7.19. The van der Waals surface area contributed by atoms with Crippen LogP contribution in [0.2, 0.25) is 5.02 Å². The first-order chi connectivity index (χ1) is 10.6. The molecule has 0 fully saturated rings. The van der Waals surface area contributed by atoms with E-state index < -0.39 is 11.2 Å². The average Bonchev–Trinajstić information content (AvgIpc) is 2.42. The molecule has 1 aromatic rings. The Morgan fingerprint density at radius 2 is 2.04 bits per heavy atom. The summed E-state index contributed by atoms with van der Waals surface area (Å²) in [7, 11) is 0. The van der Waals surface area contributed by atoms with E-state index in [0.717, 1.165) is 0 Å². The molecule has 0 saturated heterocycles. The van der Waals surface area contributed by atoms with Crippen LogP contribution in [0.25, 0.3) is 0 Å². The molecule has 3 nitrogen and oxygen atoms in total. The Hall–Kier alpha value is -1.20. The highest BCUT2D eigenvalue weighted by atomic mass is 35.5. The number of carbonyl (C=O) groups excluding carboxylic acids is 1. The molecule has 0 atom stereocenters. The predicted molar refractivity (Wildman–Crippen MR) is 96.6 cm³/mol. The van der Waals surface area contributed by atoms with E-state index in [4.69, 9.17) is 28.6 Å². The molecule has 0 saturated carbocycles. The van der Waals surface area contributed by atoms with Gasteiger partial charge in [0.05, 0.1) is 11.8 Å². The fraction of sp³-hybridized carbons (Fsp3) is 0.529. The molecule has 1 rings (SSSR count). The number of carbonyl (C=O) groups is 1. The first kappa shape index (κ1) is 19.8. The van der Waals surface area contributed by atoms with E-state index in [-0.39, 0.29) is 29.1 Å². The van der Waals surface area contributed by atoms with Crippen LogP contribution in [0.1, 0.15) is 46.6 Å². The summed E-state index contributed by atoms with van der Waals surface area (Å²) in [5, 5.41) is 3.26. The van der Waals surface area contributed by atoms with Crippen molar-refractivity contribution in [3.8, 4) is 0 Å². The molecule has 0 aliphatic carbocycles. The van der Waals surface area contributed by atoms with Crippen LogP contribution in [-0.2, 0) is 16.0 Å². The van der Waals surface area contributed by atoms with Gasteiger partial charge in [0.1, 0.15) is 5.82 Å². The van der Waals surface area contributed by atoms with Crippen molar-refractivity contribution in [2.45, 2.75) is 53.6 Å². The highest BCUT2D eigenvalue weighted by Gasteiger charge is 2.26. The van der Waals surface area contributed by atoms with E-state index in [9.17, 15) is 9.18 Å². The lowest BCUT2D eigenvalue weighted by Crippen LogP contribution is -2.30. The zero-order valence-electron chi connectivity index (χ0n) is 14.1. The van der Waals surface area contributed by atoms with Crippen LogP contribution in [0, 0.1) is 11.2 Å². The molecule has 1 amide bonds. The van der Waals surface area contributed by atoms with Crippen LogP contribution in [-0.4, -0.2) is 17.1 Å². The van der Waals surface area contributed by atoms with Crippen LogP contribution < -0.4 is 5.32 Å². The summed E-state index contributed by atoms with van der Waals surface area (Å²) >= 11 is 11.2. The number of thiocarbonyl (C=S) groups is 1. The van der Waals surface area contributed by atoms with Crippen LogP contribution in [0.4, 0.5) is 10.1 Å². The van der Waals surface area contributed by atoms with Crippen molar-refractivity contribution in [3.05, 3.63) is 28.5 Å². The van der Waals surface area contributed by atoms with Crippen LogP contribution >= 0.6 is 23.8 Å². The van der Waals surface area contributed by atoms with Gasteiger partial charge in [-0.15, -0.1) is 0 Å². The van der Waals surface area contributed by atoms with Crippen molar-refractivity contribution >= 4 is 40.5 Å². The molecule has 0 radical (unpaired) electrons. The number of hydrogen-bond donors (Lipinski definition) is 1. The van der Waals surface area contributed by atoms with Crippen molar-refractivity contribution in [2.75, 3.05) is 5.32 Å². The number of halogens is 2. The van der Waals surface area contributed by atoms with Crippen molar-refractivity contribution in [1.82, 2.24) is 0 Å². The number of hydrogen-bond acceptors (Lipinski definition) is 3. The zero-order valence-corrected chi connectivity index (χ0v) is 15.7. The number of anilines is 1. The minimum atomic E-state index is -0.581. The second kappa shape index (κ2) is 8.06. The van der Waals surface area contributed by atoms with Gasteiger partial charge in [0.2, 0.25) is 5.91 Å². The fourth-order valence-electron chi connectivity index (χ4n) is 1.74. The number of nitrogens with one attached hydrogen (secondary N) is 1. The Morgan fingerprint density at radius 3 is 2.57 bits per heavy atom. The number of rotatable bonds is 6. The maximum absolute atomic E-state index is 14.1. The summed E-state index contributed by atoms with van der Waals surface area (Å²) in [5.41, 5.74) is 0.133. The van der Waals surface area contributed by atoms with Crippen molar-refractivity contribution in [1.29, 1.82) is 0 Å². The van der Waals surface area contributed by atoms with Gasteiger partial charge < -0.3 is 10.1 Å². The van der Waals surface area contributed by atoms with Gasteiger partial charge in [-0.2, -0.15) is 0 Å². The lowest BCUT2D eigenvalue weighted by molar-refractivity contribution is -0.124. The molecule has 1 aromatic carbocycles. The van der Waals surface area contributed by atoms with Gasteiger partial charge in [0.15, 0.2) is 5.05 Å². The lowest BCUT2D eigenvalue weighted by Gasteiger charge is -2.22. The van der Waals surface area contributed by atoms with E-state index >= 15 is 0 Å². The van der Waals surface area contributed by atoms with Gasteiger partial charge in [-0.3, -0.25) is 4.79 Å². The van der Waals surface area contributed by atoms with Gasteiger partial charge in [-0.25, -0.2) is 4.39 Å². The van der Waals surface area contributed by atoms with E-state index in [1.807, 2.05) is 34.6 Å². The molecule has 0 unspecified atom stereocenters. The van der Waals surface area contributed by atoms with Crippen LogP contribution in [0.15, 0.2) is 12.1 Å². The van der Waals surface area contributed by atoms with Gasteiger partial charge in [-0.05, 0) is 50.2 Å². The monoisotopic (exact) mass is 359 g/mol. The van der Waals surface area contributed by atoms with Crippen molar-refractivity contribution < 1.29 is 13.9 Å². The van der Waals surface area contributed by atoms with Gasteiger partial charge in [0.25, 0.3) is 0 Å². The Kier molecular flexibility index (Phi) is 6.96. The standard InChI is InChI=1S/C17H23ClFNO2S/c1-6-17(4,5)16(21)20-14-7-11(12(18)9-13(14)19)8-15(23)22-10(2)3/h7,9-10H,6,8H2,1-5H3,(H,20,21). The summed E-state index contributed by atoms with van der Waals surface area (Å²) in [5.74, 6) is -0.817. The fourth-order valence-corrected chi connectivity index (χ4v) is 2.30. The zero-order chi connectivity index (χ0) is 17.8. The van der Waals surface area contributed by atoms with Crippen molar-refractivity contribution in [3.63, 3.8) is 0 Å². The van der Waals surface area contributed by atoms with Crippen molar-refractivity contribution in [2.24, 2.45) is 5.41 Å². The van der Waals surface area contributed by atoms with E-state index in [2.05, 4.69) is 5.32 Å². The molecular formula is C17H23ClFNO2S. The van der Waals surface area contributed by atoms with E-state index in [0.29, 0.717) is 17.0 Å². The van der Waals surface area contributed by atoms with Gasteiger partial charge in [0, 0.05) is 16.9 Å². The largest absolute Gasteiger partial charge is 0.484 e. The summed E-state index contributed by atoms with van der Waals surface area (Å²) in [4.78, 5) is 12.2. The smallest absolute Gasteiger partial charge is 0.230 e. The quantitative estimate of drug-likeness (QED) is 0.714. The number of ether oxygens (including phenoxy) is 1. The first-order valence-electron chi connectivity index (χ1n) is 7.55. The molecule has 1 N–H and O–H groups in total. The molecule has 0 heterocycles. The summed E-state index contributed by atoms with van der Waals surface area (Å²) in [6.07, 6.45) is 0.895. The van der Waals surface area contributed by atoms with E-state index in [1.54, 1.807) is 0 Å². The molecule has 23 heavy (non-hydrogen) atoms. The molecule has 0 aromatic heterocycles. The minimum absolute atomic E-state index is 0.0359. The van der Waals surface area contributed by atoms with Crippen LogP contribution in [0.5, 0.6) is 0 Å². The Bertz CT molecular complexity index is 603. The Labute approximate surface area is 147 Å². The first-order valence-corrected chi connectivity index (χ1v) is 8.34. The predicted octanol–water partition coefficient (Wildman–Crippen LogP) is 5.15.